The molecule has 1 heteroatoms. The summed E-state index contributed by atoms with van der Waals surface area (Å²) in [4.78, 5) is 0. The molecule has 0 aliphatic rings. The van der Waals surface area contributed by atoms with Crippen LogP contribution in [0.3, 0.4) is 0 Å². The van der Waals surface area contributed by atoms with E-state index in [1.807, 2.05) is 12.1 Å². The molecule has 54 valence electrons. The van der Waals surface area contributed by atoms with Gasteiger partial charge < -0.3 is 0 Å². The van der Waals surface area contributed by atoms with Gasteiger partial charge in [-0.05, 0) is 0 Å². The van der Waals surface area contributed by atoms with Gasteiger partial charge in [-0.15, -0.1) is 16.8 Å². The Bertz CT molecular complexity index is 374. The van der Waals surface area contributed by atoms with Crippen LogP contribution >= 0.6 is 0 Å². The Morgan fingerprint density at radius 1 is 1.08 bits per heavy atom. The maximum Gasteiger partial charge on any atom is 1.00 e. The second-order valence-electron chi connectivity index (χ2n) is 2.73. The molecule has 2 aromatic carbocycles. The summed E-state index contributed by atoms with van der Waals surface area (Å²) >= 11 is 0. The molecule has 0 aliphatic carbocycles. The Kier molecular flexibility index (Phi) is 4.11. The normalized spacial score (nSPS) is 9.42. The number of fused-ring (bicyclic) bond motifs is 1. The van der Waals surface area contributed by atoms with E-state index < -0.39 is 0 Å². The molecule has 0 bridgehead atoms. The van der Waals surface area contributed by atoms with Crippen molar-refractivity contribution in [2.45, 2.75) is 6.92 Å². The van der Waals surface area contributed by atoms with E-state index in [9.17, 15) is 0 Å². The van der Waals surface area contributed by atoms with E-state index in [1.165, 1.54) is 16.3 Å². The SMILES string of the molecule is Cc1c[c-]cc2ccccc12.[Rb+]. The Balaban J connectivity index is 0.000000720. The zero-order chi connectivity index (χ0) is 7.68. The smallest absolute Gasteiger partial charge is 0.183 e. The third kappa shape index (κ3) is 2.05. The molecule has 0 fully saturated rings. The van der Waals surface area contributed by atoms with Crippen LogP contribution in [0.2, 0.25) is 0 Å². The van der Waals surface area contributed by atoms with Crippen LogP contribution in [0.15, 0.2) is 36.4 Å². The van der Waals surface area contributed by atoms with E-state index in [-0.39, 0.29) is 58.2 Å². The molecule has 0 saturated carbocycles. The molecule has 0 N–H and O–H groups in total. The second-order valence-corrected chi connectivity index (χ2v) is 2.73. The summed E-state index contributed by atoms with van der Waals surface area (Å²) in [5.41, 5.74) is 1.29. The first-order valence-corrected chi connectivity index (χ1v) is 3.73. The summed E-state index contributed by atoms with van der Waals surface area (Å²) < 4.78 is 0. The number of aryl methyl sites for hydroxylation is 1. The van der Waals surface area contributed by atoms with E-state index in [2.05, 4.69) is 37.3 Å². The van der Waals surface area contributed by atoms with E-state index in [0.29, 0.717) is 0 Å². The summed E-state index contributed by atoms with van der Waals surface area (Å²) in [5, 5.41) is 2.60. The van der Waals surface area contributed by atoms with Crippen molar-refractivity contribution < 1.29 is 58.2 Å². The largest absolute Gasteiger partial charge is 1.00 e. The van der Waals surface area contributed by atoms with Crippen LogP contribution in [0.1, 0.15) is 5.56 Å². The van der Waals surface area contributed by atoms with Gasteiger partial charge in [0.05, 0.1) is 0 Å². The molecule has 0 atom stereocenters. The first-order valence-electron chi connectivity index (χ1n) is 3.73. The average molecular weight is 227 g/mol. The molecule has 2 aromatic rings. The Hall–Kier alpha value is 0.505. The van der Waals surface area contributed by atoms with Crippen molar-refractivity contribution in [3.63, 3.8) is 0 Å². The fourth-order valence-corrected chi connectivity index (χ4v) is 1.32. The molecule has 12 heavy (non-hydrogen) atoms. The van der Waals surface area contributed by atoms with Gasteiger partial charge in [-0.25, -0.2) is 0 Å². The number of hydrogen-bond acceptors (Lipinski definition) is 0. The fourth-order valence-electron chi connectivity index (χ4n) is 1.32. The molecule has 0 amide bonds. The van der Waals surface area contributed by atoms with Crippen molar-refractivity contribution in [3.05, 3.63) is 48.0 Å². The maximum absolute atomic E-state index is 3.10. The monoisotopic (exact) mass is 226 g/mol. The van der Waals surface area contributed by atoms with Crippen LogP contribution in [0, 0.1) is 13.0 Å². The third-order valence-corrected chi connectivity index (χ3v) is 1.92. The molecule has 0 heterocycles. The molecule has 0 spiro atoms. The van der Waals surface area contributed by atoms with Crippen LogP contribution < -0.4 is 58.2 Å². The van der Waals surface area contributed by atoms with Gasteiger partial charge in [0, 0.05) is 0 Å². The van der Waals surface area contributed by atoms with Crippen molar-refractivity contribution in [1.82, 2.24) is 0 Å². The van der Waals surface area contributed by atoms with E-state index in [0.717, 1.165) is 0 Å². The predicted octanol–water partition coefficient (Wildman–Crippen LogP) is -0.0476. The van der Waals surface area contributed by atoms with Crippen molar-refractivity contribution in [2.24, 2.45) is 0 Å². The van der Waals surface area contributed by atoms with Crippen molar-refractivity contribution in [2.75, 3.05) is 0 Å². The molecule has 0 aliphatic heterocycles. The van der Waals surface area contributed by atoms with Gasteiger partial charge in [-0.1, -0.05) is 25.1 Å². The van der Waals surface area contributed by atoms with E-state index in [1.54, 1.807) is 0 Å². The number of hydrogen-bond donors (Lipinski definition) is 0. The van der Waals surface area contributed by atoms with E-state index >= 15 is 0 Å². The van der Waals surface area contributed by atoms with Gasteiger partial charge in [0.25, 0.3) is 0 Å². The zero-order valence-corrected chi connectivity index (χ0v) is 12.4. The minimum absolute atomic E-state index is 0. The van der Waals surface area contributed by atoms with Gasteiger partial charge in [-0.3, -0.25) is 0 Å². The molecule has 0 radical (unpaired) electrons. The summed E-state index contributed by atoms with van der Waals surface area (Å²) in [6, 6.07) is 15.5. The molecule has 2 rings (SSSR count). The van der Waals surface area contributed by atoms with Crippen LogP contribution in [-0.2, 0) is 0 Å². The molecule has 0 saturated heterocycles. The Morgan fingerprint density at radius 3 is 2.58 bits per heavy atom. The predicted molar refractivity (Wildman–Crippen MR) is 47.5 cm³/mol. The second kappa shape index (κ2) is 4.66. The molecular formula is C11H9Rb. The van der Waals surface area contributed by atoms with Gasteiger partial charge in [0.1, 0.15) is 0 Å². The Labute approximate surface area is 122 Å². The van der Waals surface area contributed by atoms with E-state index in [4.69, 9.17) is 0 Å². The first-order chi connectivity index (χ1) is 5.38. The van der Waals surface area contributed by atoms with Crippen molar-refractivity contribution >= 4 is 10.8 Å². The minimum atomic E-state index is 0. The summed E-state index contributed by atoms with van der Waals surface area (Å²) in [5.74, 6) is 0. The zero-order valence-electron chi connectivity index (χ0n) is 7.46. The van der Waals surface area contributed by atoms with Gasteiger partial charge in [-0.2, -0.15) is 23.8 Å². The van der Waals surface area contributed by atoms with Gasteiger partial charge in [0.15, 0.2) is 0 Å². The van der Waals surface area contributed by atoms with Crippen LogP contribution in [-0.4, -0.2) is 0 Å². The molecular weight excluding hydrogens is 218 g/mol. The third-order valence-electron chi connectivity index (χ3n) is 1.92. The van der Waals surface area contributed by atoms with Crippen LogP contribution in [0.25, 0.3) is 10.8 Å². The summed E-state index contributed by atoms with van der Waals surface area (Å²) in [6.07, 6.45) is 0. The van der Waals surface area contributed by atoms with Crippen LogP contribution in [0.5, 0.6) is 0 Å². The molecule has 0 aromatic heterocycles. The topological polar surface area (TPSA) is 0 Å². The maximum atomic E-state index is 3.10. The van der Waals surface area contributed by atoms with Gasteiger partial charge in [0.2, 0.25) is 0 Å². The summed E-state index contributed by atoms with van der Waals surface area (Å²) in [6.45, 7) is 2.11. The standard InChI is InChI=1S/C11H9.Rb/c1-9-5-4-7-10-6-2-3-8-11(9)10;/h2-3,5-8H,1H3;/q-1;+1. The first kappa shape index (κ1) is 10.6. The minimum Gasteiger partial charge on any atom is -0.183 e. The van der Waals surface area contributed by atoms with Crippen molar-refractivity contribution in [3.8, 4) is 0 Å². The van der Waals surface area contributed by atoms with Gasteiger partial charge >= 0.3 is 58.2 Å². The molecule has 0 nitrogen and oxygen atoms in total. The number of rotatable bonds is 0. The number of benzene rings is 2. The fraction of sp³-hybridized carbons (Fsp3) is 0.0909. The summed E-state index contributed by atoms with van der Waals surface area (Å²) in [7, 11) is 0. The quantitative estimate of drug-likeness (QED) is 0.553. The van der Waals surface area contributed by atoms with Crippen LogP contribution in [0.4, 0.5) is 0 Å². The average Bonchev–Trinajstić information content (AvgIpc) is 2.06. The Morgan fingerprint density at radius 2 is 1.83 bits per heavy atom. The molecule has 0 unspecified atom stereocenters. The van der Waals surface area contributed by atoms with Crippen molar-refractivity contribution in [1.29, 1.82) is 0 Å².